The highest BCUT2D eigenvalue weighted by molar-refractivity contribution is 5.85. The molecule has 176 valence electrons. The van der Waals surface area contributed by atoms with E-state index in [1.165, 1.54) is 25.6 Å². The van der Waals surface area contributed by atoms with Crippen molar-refractivity contribution in [1.82, 2.24) is 14.8 Å². The Hall–Kier alpha value is -2.66. The van der Waals surface area contributed by atoms with E-state index in [4.69, 9.17) is 0 Å². The standard InChI is InChI=1S/C28H36FN3O/c1-21-16-22(2)18-31(17-21)15-7-14-30-28(33)13-12-23-19-32(27-11-6-4-9-25(23)27)20-24-8-3-5-10-26(24)29/h3-6,8-11,19,21-22H,7,12-18,20H2,1-2H3,(H,30,33). The second-order valence-electron chi connectivity index (χ2n) is 9.80. The molecule has 5 heteroatoms. The predicted molar refractivity (Wildman–Crippen MR) is 133 cm³/mol. The van der Waals surface area contributed by atoms with Gasteiger partial charge in [0.15, 0.2) is 0 Å². The Bertz CT molecular complexity index is 1070. The van der Waals surface area contributed by atoms with Crippen LogP contribution in [0.2, 0.25) is 0 Å². The van der Waals surface area contributed by atoms with E-state index in [9.17, 15) is 9.18 Å². The molecule has 1 N–H and O–H groups in total. The molecule has 2 aromatic carbocycles. The fourth-order valence-electron chi connectivity index (χ4n) is 5.30. The molecule has 3 aromatic rings. The number of aromatic nitrogens is 1. The summed E-state index contributed by atoms with van der Waals surface area (Å²) in [6.45, 7) is 9.28. The van der Waals surface area contributed by atoms with E-state index in [2.05, 4.69) is 47.0 Å². The first kappa shape index (κ1) is 23.5. The number of likely N-dealkylation sites (tertiary alicyclic amines) is 1. The number of nitrogens with zero attached hydrogens (tertiary/aromatic N) is 2. The number of benzene rings is 2. The summed E-state index contributed by atoms with van der Waals surface area (Å²) in [5, 5.41) is 4.23. The fourth-order valence-corrected chi connectivity index (χ4v) is 5.30. The van der Waals surface area contributed by atoms with Gasteiger partial charge in [-0.05, 0) is 55.3 Å². The average molecular weight is 450 g/mol. The van der Waals surface area contributed by atoms with E-state index in [-0.39, 0.29) is 11.7 Å². The van der Waals surface area contributed by atoms with Crippen molar-refractivity contribution in [2.24, 2.45) is 11.8 Å². The van der Waals surface area contributed by atoms with Gasteiger partial charge in [0.1, 0.15) is 5.82 Å². The van der Waals surface area contributed by atoms with Crippen LogP contribution in [0.5, 0.6) is 0 Å². The lowest BCUT2D eigenvalue weighted by Gasteiger charge is -2.34. The first-order valence-corrected chi connectivity index (χ1v) is 12.3. The first-order chi connectivity index (χ1) is 16.0. The van der Waals surface area contributed by atoms with Crippen molar-refractivity contribution in [3.63, 3.8) is 0 Å². The lowest BCUT2D eigenvalue weighted by molar-refractivity contribution is -0.121. The summed E-state index contributed by atoms with van der Waals surface area (Å²) < 4.78 is 16.3. The van der Waals surface area contributed by atoms with Gasteiger partial charge in [-0.1, -0.05) is 50.2 Å². The zero-order valence-corrected chi connectivity index (χ0v) is 19.9. The number of rotatable bonds is 9. The minimum Gasteiger partial charge on any atom is -0.356 e. The van der Waals surface area contributed by atoms with E-state index in [1.807, 2.05) is 24.3 Å². The summed E-state index contributed by atoms with van der Waals surface area (Å²) in [5.74, 6) is 1.44. The molecule has 4 nitrogen and oxygen atoms in total. The van der Waals surface area contributed by atoms with Crippen LogP contribution in [0.25, 0.3) is 10.9 Å². The van der Waals surface area contributed by atoms with Crippen LogP contribution in [-0.2, 0) is 17.8 Å². The number of nitrogens with one attached hydrogen (secondary N) is 1. The lowest BCUT2D eigenvalue weighted by Crippen LogP contribution is -2.40. The van der Waals surface area contributed by atoms with Gasteiger partial charge >= 0.3 is 0 Å². The minimum atomic E-state index is -0.190. The van der Waals surface area contributed by atoms with Crippen molar-refractivity contribution >= 4 is 16.8 Å². The molecule has 1 saturated heterocycles. The Labute approximate surface area is 196 Å². The highest BCUT2D eigenvalue weighted by atomic mass is 19.1. The first-order valence-electron chi connectivity index (χ1n) is 12.3. The highest BCUT2D eigenvalue weighted by Crippen LogP contribution is 2.24. The van der Waals surface area contributed by atoms with Gasteiger partial charge in [0.2, 0.25) is 5.91 Å². The predicted octanol–water partition coefficient (Wildman–Crippen LogP) is 5.25. The smallest absolute Gasteiger partial charge is 0.220 e. The van der Waals surface area contributed by atoms with Gasteiger partial charge in [0, 0.05) is 48.7 Å². The van der Waals surface area contributed by atoms with Crippen molar-refractivity contribution in [3.05, 3.63) is 71.7 Å². The Balaban J connectivity index is 1.29. The number of hydrogen-bond acceptors (Lipinski definition) is 2. The van der Waals surface area contributed by atoms with Gasteiger partial charge in [-0.2, -0.15) is 0 Å². The molecule has 33 heavy (non-hydrogen) atoms. The SMILES string of the molecule is CC1CC(C)CN(CCCNC(=O)CCc2cn(Cc3ccccc3F)c3ccccc23)C1. The maximum atomic E-state index is 14.2. The number of halogens is 1. The van der Waals surface area contributed by atoms with Crippen LogP contribution in [0.15, 0.2) is 54.7 Å². The minimum absolute atomic E-state index is 0.0984. The third kappa shape index (κ3) is 6.23. The van der Waals surface area contributed by atoms with E-state index < -0.39 is 0 Å². The van der Waals surface area contributed by atoms with Crippen LogP contribution < -0.4 is 5.32 Å². The lowest BCUT2D eigenvalue weighted by atomic mass is 9.92. The molecule has 1 aliphatic rings. The second kappa shape index (κ2) is 11.0. The van der Waals surface area contributed by atoms with Crippen molar-refractivity contribution in [3.8, 4) is 0 Å². The number of carbonyl (C=O) groups excluding carboxylic acids is 1. The molecule has 1 fully saturated rings. The molecular formula is C28H36FN3O. The number of hydrogen-bond donors (Lipinski definition) is 1. The van der Waals surface area contributed by atoms with E-state index in [0.29, 0.717) is 24.9 Å². The van der Waals surface area contributed by atoms with Gasteiger partial charge in [0.25, 0.3) is 0 Å². The zero-order chi connectivity index (χ0) is 23.2. The number of carbonyl (C=O) groups is 1. The summed E-state index contributed by atoms with van der Waals surface area (Å²) in [6, 6.07) is 15.1. The Morgan fingerprint density at radius 2 is 1.76 bits per heavy atom. The molecule has 1 aliphatic heterocycles. The molecule has 4 rings (SSSR count). The molecule has 0 aliphatic carbocycles. The molecule has 0 saturated carbocycles. The van der Waals surface area contributed by atoms with Gasteiger partial charge in [0.05, 0.1) is 6.54 Å². The van der Waals surface area contributed by atoms with Crippen molar-refractivity contribution in [2.75, 3.05) is 26.2 Å². The molecule has 0 radical (unpaired) electrons. The quantitative estimate of drug-likeness (QED) is 0.453. The Morgan fingerprint density at radius 1 is 1.03 bits per heavy atom. The third-order valence-corrected chi connectivity index (χ3v) is 6.71. The van der Waals surface area contributed by atoms with E-state index >= 15 is 0 Å². The summed E-state index contributed by atoms with van der Waals surface area (Å²) in [7, 11) is 0. The zero-order valence-electron chi connectivity index (χ0n) is 19.9. The number of para-hydroxylation sites is 1. The number of amides is 1. The molecule has 2 unspecified atom stereocenters. The molecule has 2 heterocycles. The van der Waals surface area contributed by atoms with Crippen LogP contribution in [0.4, 0.5) is 4.39 Å². The van der Waals surface area contributed by atoms with Crippen LogP contribution in [0.3, 0.4) is 0 Å². The molecular weight excluding hydrogens is 413 g/mol. The summed E-state index contributed by atoms with van der Waals surface area (Å²) >= 11 is 0. The Morgan fingerprint density at radius 3 is 2.55 bits per heavy atom. The fraction of sp³-hybridized carbons (Fsp3) is 0.464. The van der Waals surface area contributed by atoms with Crippen molar-refractivity contribution in [2.45, 2.75) is 46.1 Å². The number of piperidine rings is 1. The van der Waals surface area contributed by atoms with Gasteiger partial charge in [-0.25, -0.2) is 4.39 Å². The van der Waals surface area contributed by atoms with Gasteiger partial charge < -0.3 is 14.8 Å². The van der Waals surface area contributed by atoms with Crippen LogP contribution in [0, 0.1) is 17.7 Å². The number of aryl methyl sites for hydroxylation is 1. The van der Waals surface area contributed by atoms with Crippen LogP contribution >= 0.6 is 0 Å². The van der Waals surface area contributed by atoms with Crippen LogP contribution in [0.1, 0.15) is 44.2 Å². The highest BCUT2D eigenvalue weighted by Gasteiger charge is 2.21. The summed E-state index contributed by atoms with van der Waals surface area (Å²) in [4.78, 5) is 15.0. The van der Waals surface area contributed by atoms with E-state index in [0.717, 1.165) is 47.8 Å². The maximum Gasteiger partial charge on any atom is 0.220 e. The summed E-state index contributed by atoms with van der Waals surface area (Å²) in [6.07, 6.45) is 5.53. The maximum absolute atomic E-state index is 14.2. The monoisotopic (exact) mass is 449 g/mol. The molecule has 1 aromatic heterocycles. The molecule has 2 atom stereocenters. The number of fused-ring (bicyclic) bond motifs is 1. The van der Waals surface area contributed by atoms with Gasteiger partial charge in [-0.3, -0.25) is 4.79 Å². The van der Waals surface area contributed by atoms with Crippen LogP contribution in [-0.4, -0.2) is 41.6 Å². The van der Waals surface area contributed by atoms with Gasteiger partial charge in [-0.15, -0.1) is 0 Å². The molecule has 0 spiro atoms. The topological polar surface area (TPSA) is 37.3 Å². The average Bonchev–Trinajstić information content (AvgIpc) is 3.14. The summed E-state index contributed by atoms with van der Waals surface area (Å²) in [5.41, 5.74) is 2.87. The molecule has 1 amide bonds. The van der Waals surface area contributed by atoms with E-state index in [1.54, 1.807) is 6.07 Å². The normalized spacial score (nSPS) is 19.1. The second-order valence-corrected chi connectivity index (χ2v) is 9.80. The Kier molecular flexibility index (Phi) is 7.81. The largest absolute Gasteiger partial charge is 0.356 e. The van der Waals surface area contributed by atoms with Crippen molar-refractivity contribution < 1.29 is 9.18 Å². The third-order valence-electron chi connectivity index (χ3n) is 6.71. The molecule has 0 bridgehead atoms. The van der Waals surface area contributed by atoms with Crippen molar-refractivity contribution in [1.29, 1.82) is 0 Å².